The van der Waals surface area contributed by atoms with Crippen molar-refractivity contribution in [1.29, 1.82) is 0 Å². The topological polar surface area (TPSA) is 66.6 Å². The minimum atomic E-state index is -0.441. The first-order valence-electron chi connectivity index (χ1n) is 7.09. The van der Waals surface area contributed by atoms with Crippen molar-refractivity contribution in [3.05, 3.63) is 71.7 Å². The van der Waals surface area contributed by atoms with Gasteiger partial charge in [0, 0.05) is 6.20 Å². The first kappa shape index (κ1) is 14.3. The van der Waals surface area contributed by atoms with Crippen LogP contribution in [0.15, 0.2) is 54.9 Å². The number of fused-ring (bicyclic) bond motifs is 1. The highest BCUT2D eigenvalue weighted by atomic mass is 16.3. The van der Waals surface area contributed by atoms with Crippen molar-refractivity contribution in [3.8, 4) is 0 Å². The van der Waals surface area contributed by atoms with E-state index in [4.69, 9.17) is 0 Å². The molecule has 3 aromatic rings. The van der Waals surface area contributed by atoms with Crippen molar-refractivity contribution >= 4 is 11.6 Å². The molecule has 2 aromatic heterocycles. The van der Waals surface area contributed by atoms with E-state index in [2.05, 4.69) is 10.3 Å². The van der Waals surface area contributed by atoms with Crippen LogP contribution in [0.1, 0.15) is 27.7 Å². The van der Waals surface area contributed by atoms with Gasteiger partial charge in [-0.25, -0.2) is 4.98 Å². The van der Waals surface area contributed by atoms with Crippen molar-refractivity contribution in [2.24, 2.45) is 0 Å². The minimum absolute atomic E-state index is 0.161. The Bertz CT molecular complexity index is 796. The van der Waals surface area contributed by atoms with Crippen LogP contribution in [0, 0.1) is 6.92 Å². The van der Waals surface area contributed by atoms with Gasteiger partial charge in [-0.2, -0.15) is 0 Å². The third kappa shape index (κ3) is 2.71. The third-order valence-corrected chi connectivity index (χ3v) is 3.58. The second-order valence-electron chi connectivity index (χ2n) is 5.20. The summed E-state index contributed by atoms with van der Waals surface area (Å²) >= 11 is 0. The minimum Gasteiger partial charge on any atom is -0.394 e. The monoisotopic (exact) mass is 295 g/mol. The van der Waals surface area contributed by atoms with E-state index in [0.717, 1.165) is 16.8 Å². The number of hydrogen-bond donors (Lipinski definition) is 2. The zero-order valence-electron chi connectivity index (χ0n) is 12.2. The molecule has 1 aromatic carbocycles. The summed E-state index contributed by atoms with van der Waals surface area (Å²) in [6.45, 7) is 1.80. The normalized spacial score (nSPS) is 12.3. The molecule has 0 aliphatic rings. The lowest BCUT2D eigenvalue weighted by atomic mass is 10.1. The van der Waals surface area contributed by atoms with Gasteiger partial charge in [-0.3, -0.25) is 9.20 Å². The molecule has 5 heteroatoms. The molecule has 0 aliphatic carbocycles. The molecule has 5 nitrogen and oxygen atoms in total. The van der Waals surface area contributed by atoms with Crippen molar-refractivity contribution in [2.45, 2.75) is 13.0 Å². The fourth-order valence-corrected chi connectivity index (χ4v) is 2.41. The molecule has 0 radical (unpaired) electrons. The summed E-state index contributed by atoms with van der Waals surface area (Å²) in [6, 6.07) is 12.8. The van der Waals surface area contributed by atoms with Crippen LogP contribution in [0.3, 0.4) is 0 Å². The van der Waals surface area contributed by atoms with E-state index in [1.807, 2.05) is 55.6 Å². The Hall–Kier alpha value is -2.66. The van der Waals surface area contributed by atoms with Crippen LogP contribution < -0.4 is 5.32 Å². The number of amides is 1. The van der Waals surface area contributed by atoms with Crippen LogP contribution in [0.2, 0.25) is 0 Å². The highest BCUT2D eigenvalue weighted by Crippen LogP contribution is 2.14. The van der Waals surface area contributed by atoms with Gasteiger partial charge in [0.25, 0.3) is 5.91 Å². The zero-order chi connectivity index (χ0) is 15.5. The predicted octanol–water partition coefficient (Wildman–Crippen LogP) is 2.11. The van der Waals surface area contributed by atoms with Gasteiger partial charge in [0.15, 0.2) is 0 Å². The number of aliphatic hydroxyl groups is 1. The van der Waals surface area contributed by atoms with Crippen LogP contribution >= 0.6 is 0 Å². The predicted molar refractivity (Wildman–Crippen MR) is 83.7 cm³/mol. The number of aliphatic hydroxyl groups excluding tert-OH is 1. The fraction of sp³-hybridized carbons (Fsp3) is 0.176. The molecular weight excluding hydrogens is 278 g/mol. The Labute approximate surface area is 128 Å². The summed E-state index contributed by atoms with van der Waals surface area (Å²) < 4.78 is 1.75. The Morgan fingerprint density at radius 2 is 2.05 bits per heavy atom. The molecule has 0 aliphatic heterocycles. The van der Waals surface area contributed by atoms with Crippen LogP contribution in [0.4, 0.5) is 0 Å². The van der Waals surface area contributed by atoms with Gasteiger partial charge in [-0.05, 0) is 24.1 Å². The molecule has 1 amide bonds. The smallest absolute Gasteiger partial charge is 0.270 e. The molecule has 0 fully saturated rings. The molecule has 2 N–H and O–H groups in total. The molecule has 0 saturated carbocycles. The van der Waals surface area contributed by atoms with Gasteiger partial charge in [0.1, 0.15) is 11.3 Å². The van der Waals surface area contributed by atoms with E-state index < -0.39 is 6.04 Å². The number of carbonyl (C=O) groups excluding carboxylic acids is 1. The molecule has 3 rings (SSSR count). The Kier molecular flexibility index (Phi) is 3.89. The number of hydrogen-bond acceptors (Lipinski definition) is 3. The Balaban J connectivity index is 1.88. The molecule has 1 atom stereocenters. The fourth-order valence-electron chi connectivity index (χ4n) is 2.41. The average Bonchev–Trinajstić information content (AvgIpc) is 2.96. The number of aryl methyl sites for hydroxylation is 1. The van der Waals surface area contributed by atoms with Gasteiger partial charge < -0.3 is 10.4 Å². The van der Waals surface area contributed by atoms with Gasteiger partial charge >= 0.3 is 0 Å². The molecule has 22 heavy (non-hydrogen) atoms. The number of rotatable bonds is 4. The van der Waals surface area contributed by atoms with Gasteiger partial charge in [-0.1, -0.05) is 36.4 Å². The highest BCUT2D eigenvalue weighted by molar-refractivity contribution is 5.93. The first-order valence-corrected chi connectivity index (χ1v) is 7.09. The largest absolute Gasteiger partial charge is 0.394 e. The average molecular weight is 295 g/mol. The second kappa shape index (κ2) is 5.99. The molecule has 1 unspecified atom stereocenters. The first-order chi connectivity index (χ1) is 10.7. The second-order valence-corrected chi connectivity index (χ2v) is 5.20. The van der Waals surface area contributed by atoms with Crippen molar-refractivity contribution in [3.63, 3.8) is 0 Å². The van der Waals surface area contributed by atoms with Crippen LogP contribution in [-0.4, -0.2) is 27.0 Å². The number of aromatic nitrogens is 2. The number of nitrogens with one attached hydrogen (secondary N) is 1. The number of nitrogens with zero attached hydrogens (tertiary/aromatic N) is 2. The summed E-state index contributed by atoms with van der Waals surface area (Å²) in [5.41, 5.74) is 3.08. The summed E-state index contributed by atoms with van der Waals surface area (Å²) in [6.07, 6.45) is 3.41. The third-order valence-electron chi connectivity index (χ3n) is 3.58. The number of carbonyl (C=O) groups is 1. The van der Waals surface area contributed by atoms with E-state index in [-0.39, 0.29) is 12.5 Å². The quantitative estimate of drug-likeness (QED) is 0.774. The maximum absolute atomic E-state index is 12.5. The lowest BCUT2D eigenvalue weighted by Gasteiger charge is -2.16. The summed E-state index contributed by atoms with van der Waals surface area (Å²) in [5.74, 6) is -0.263. The van der Waals surface area contributed by atoms with E-state index >= 15 is 0 Å². The molecular formula is C17H17N3O2. The van der Waals surface area contributed by atoms with Crippen LogP contribution in [0.5, 0.6) is 0 Å². The van der Waals surface area contributed by atoms with E-state index in [0.29, 0.717) is 5.69 Å². The SMILES string of the molecule is Cc1ccc2ncc(C(=O)NC(CO)c3ccccc3)n2c1. The Morgan fingerprint density at radius 3 is 2.77 bits per heavy atom. The zero-order valence-corrected chi connectivity index (χ0v) is 12.2. The summed E-state index contributed by atoms with van der Waals surface area (Å²) in [4.78, 5) is 16.7. The van der Waals surface area contributed by atoms with Gasteiger partial charge in [-0.15, -0.1) is 0 Å². The maximum atomic E-state index is 12.5. The lowest BCUT2D eigenvalue weighted by molar-refractivity contribution is 0.0910. The van der Waals surface area contributed by atoms with E-state index in [9.17, 15) is 9.90 Å². The van der Waals surface area contributed by atoms with Crippen LogP contribution in [0.25, 0.3) is 5.65 Å². The Morgan fingerprint density at radius 1 is 1.27 bits per heavy atom. The van der Waals surface area contributed by atoms with Crippen molar-refractivity contribution in [1.82, 2.24) is 14.7 Å². The molecule has 2 heterocycles. The maximum Gasteiger partial charge on any atom is 0.270 e. The molecule has 112 valence electrons. The number of benzene rings is 1. The van der Waals surface area contributed by atoms with Crippen LogP contribution in [-0.2, 0) is 0 Å². The summed E-state index contributed by atoms with van der Waals surface area (Å²) in [5, 5.41) is 12.4. The van der Waals surface area contributed by atoms with Crippen molar-refractivity contribution in [2.75, 3.05) is 6.61 Å². The standard InChI is InChI=1S/C17H17N3O2/c1-12-7-8-16-18-9-15(20(16)10-12)17(22)19-14(11-21)13-5-3-2-4-6-13/h2-10,14,21H,11H2,1H3,(H,19,22). The molecule has 0 bridgehead atoms. The van der Waals surface area contributed by atoms with E-state index in [1.165, 1.54) is 0 Å². The van der Waals surface area contributed by atoms with Crippen molar-refractivity contribution < 1.29 is 9.90 Å². The van der Waals surface area contributed by atoms with Gasteiger partial charge in [0.05, 0.1) is 18.8 Å². The molecule has 0 spiro atoms. The number of pyridine rings is 1. The molecule has 0 saturated heterocycles. The lowest BCUT2D eigenvalue weighted by Crippen LogP contribution is -2.31. The number of imidazole rings is 1. The van der Waals surface area contributed by atoms with E-state index in [1.54, 1.807) is 10.6 Å². The highest BCUT2D eigenvalue weighted by Gasteiger charge is 2.17. The van der Waals surface area contributed by atoms with Gasteiger partial charge in [0.2, 0.25) is 0 Å². The summed E-state index contributed by atoms with van der Waals surface area (Å²) in [7, 11) is 0.